The molecule has 1 heteroatoms. The summed E-state index contributed by atoms with van der Waals surface area (Å²) in [5.74, 6) is 6.63. The summed E-state index contributed by atoms with van der Waals surface area (Å²) in [5.41, 5.74) is 6.83. The lowest BCUT2D eigenvalue weighted by Gasteiger charge is -2.29. The predicted molar refractivity (Wildman–Crippen MR) is 98.2 cm³/mol. The molecule has 3 rings (SSSR count). The third kappa shape index (κ3) is 3.38. The molecule has 0 N–H and O–H groups in total. The van der Waals surface area contributed by atoms with Gasteiger partial charge in [-0.2, -0.15) is 0 Å². The van der Waals surface area contributed by atoms with Crippen LogP contribution in [0.2, 0.25) is 0 Å². The molecule has 23 heavy (non-hydrogen) atoms. The monoisotopic (exact) mass is 299 g/mol. The number of benzene rings is 2. The van der Waals surface area contributed by atoms with Crippen LogP contribution < -0.4 is 4.90 Å². The molecule has 0 atom stereocenters. The van der Waals surface area contributed by atoms with Gasteiger partial charge in [-0.3, -0.25) is 0 Å². The summed E-state index contributed by atoms with van der Waals surface area (Å²) >= 11 is 0. The van der Waals surface area contributed by atoms with Crippen LogP contribution in [0.25, 0.3) is 0 Å². The van der Waals surface area contributed by atoms with E-state index in [4.69, 9.17) is 0 Å². The van der Waals surface area contributed by atoms with Crippen LogP contribution in [-0.2, 0) is 6.54 Å². The highest BCUT2D eigenvalue weighted by Crippen LogP contribution is 2.29. The Balaban J connectivity index is 2.04. The van der Waals surface area contributed by atoms with Crippen LogP contribution in [0.4, 0.5) is 5.69 Å². The number of hydrogen-bond acceptors (Lipinski definition) is 1. The number of para-hydroxylation sites is 1. The second-order valence-electron chi connectivity index (χ2n) is 6.03. The summed E-state index contributed by atoms with van der Waals surface area (Å²) in [6, 6.07) is 16.7. The molecule has 0 saturated carbocycles. The van der Waals surface area contributed by atoms with Crippen LogP contribution in [-0.4, -0.2) is 0 Å². The molecule has 0 fully saturated rings. The van der Waals surface area contributed by atoms with E-state index in [2.05, 4.69) is 73.2 Å². The molecule has 0 spiro atoms. The Morgan fingerprint density at radius 3 is 2.39 bits per heavy atom. The summed E-state index contributed by atoms with van der Waals surface area (Å²) in [7, 11) is 0. The van der Waals surface area contributed by atoms with Gasteiger partial charge in [0.2, 0.25) is 0 Å². The average Bonchev–Trinajstić information content (AvgIpc) is 2.55. The van der Waals surface area contributed by atoms with Crippen LogP contribution in [0, 0.1) is 11.8 Å². The maximum Gasteiger partial charge on any atom is 0.0570 e. The molecule has 0 radical (unpaired) electrons. The topological polar surface area (TPSA) is 3.24 Å². The highest BCUT2D eigenvalue weighted by Gasteiger charge is 2.17. The Bertz CT molecular complexity index is 817. The van der Waals surface area contributed by atoms with Gasteiger partial charge in [0.15, 0.2) is 0 Å². The lowest BCUT2D eigenvalue weighted by Crippen LogP contribution is -2.23. The van der Waals surface area contributed by atoms with Gasteiger partial charge in [0.1, 0.15) is 0 Å². The molecule has 1 heterocycles. The molecule has 114 valence electrons. The van der Waals surface area contributed by atoms with E-state index in [0.29, 0.717) is 0 Å². The van der Waals surface area contributed by atoms with Gasteiger partial charge in [0.05, 0.1) is 5.69 Å². The Morgan fingerprint density at radius 1 is 0.957 bits per heavy atom. The molecule has 1 aliphatic heterocycles. The molecule has 0 unspecified atom stereocenters. The SMILES string of the molecule is C=C(C)CCC(=C)N1Cc2ccccc2C#Cc2ccccc21. The number of allylic oxidation sites excluding steroid dienone is 2. The summed E-state index contributed by atoms with van der Waals surface area (Å²) < 4.78 is 0. The van der Waals surface area contributed by atoms with Crippen molar-refractivity contribution >= 4 is 5.69 Å². The standard InChI is InChI=1S/C22H21N/c1-17(2)12-13-18(3)23-16-21-10-5-4-8-19(21)14-15-20-9-6-7-11-22(20)23/h4-11H,1,3,12-13,16H2,2H3. The van der Waals surface area contributed by atoms with E-state index in [1.54, 1.807) is 0 Å². The molecule has 0 aromatic heterocycles. The van der Waals surface area contributed by atoms with Gasteiger partial charge < -0.3 is 4.90 Å². The van der Waals surface area contributed by atoms with E-state index in [0.717, 1.165) is 41.9 Å². The van der Waals surface area contributed by atoms with E-state index in [-0.39, 0.29) is 0 Å². The Kier molecular flexibility index (Phi) is 4.35. The van der Waals surface area contributed by atoms with Gasteiger partial charge in [-0.25, -0.2) is 0 Å². The third-order valence-electron chi connectivity index (χ3n) is 4.09. The quantitative estimate of drug-likeness (QED) is 0.548. The normalized spacial score (nSPS) is 12.1. The largest absolute Gasteiger partial charge is 0.340 e. The predicted octanol–water partition coefficient (Wildman–Crippen LogP) is 5.28. The zero-order valence-corrected chi connectivity index (χ0v) is 13.6. The third-order valence-corrected chi connectivity index (χ3v) is 4.09. The molecular formula is C22H21N. The van der Waals surface area contributed by atoms with Crippen molar-refractivity contribution in [1.29, 1.82) is 0 Å². The van der Waals surface area contributed by atoms with Gasteiger partial charge >= 0.3 is 0 Å². The van der Waals surface area contributed by atoms with Crippen LogP contribution in [0.5, 0.6) is 0 Å². The second kappa shape index (κ2) is 6.58. The van der Waals surface area contributed by atoms with Gasteiger partial charge in [-0.15, -0.1) is 6.58 Å². The molecule has 2 aromatic rings. The van der Waals surface area contributed by atoms with Gasteiger partial charge in [0, 0.05) is 23.4 Å². The fourth-order valence-corrected chi connectivity index (χ4v) is 2.76. The second-order valence-corrected chi connectivity index (χ2v) is 6.03. The number of fused-ring (bicyclic) bond motifs is 2. The van der Waals surface area contributed by atoms with Crippen molar-refractivity contribution in [3.05, 3.63) is 89.6 Å². The minimum absolute atomic E-state index is 0.802. The highest BCUT2D eigenvalue weighted by molar-refractivity contribution is 5.66. The van der Waals surface area contributed by atoms with Crippen molar-refractivity contribution in [3.8, 4) is 11.8 Å². The average molecular weight is 299 g/mol. The van der Waals surface area contributed by atoms with E-state index in [9.17, 15) is 0 Å². The number of hydrogen-bond donors (Lipinski definition) is 0. The van der Waals surface area contributed by atoms with Crippen LogP contribution >= 0.6 is 0 Å². The first-order valence-electron chi connectivity index (χ1n) is 7.94. The first-order valence-corrected chi connectivity index (χ1v) is 7.94. The minimum Gasteiger partial charge on any atom is -0.340 e. The molecular weight excluding hydrogens is 278 g/mol. The van der Waals surface area contributed by atoms with Crippen LogP contribution in [0.15, 0.2) is 73.0 Å². The Hall–Kier alpha value is -2.72. The zero-order valence-electron chi connectivity index (χ0n) is 13.6. The molecule has 2 aromatic carbocycles. The van der Waals surface area contributed by atoms with Crippen molar-refractivity contribution in [3.63, 3.8) is 0 Å². The Morgan fingerprint density at radius 2 is 1.61 bits per heavy atom. The van der Waals surface area contributed by atoms with Crippen LogP contribution in [0.1, 0.15) is 36.5 Å². The van der Waals surface area contributed by atoms with Crippen molar-refractivity contribution in [2.24, 2.45) is 0 Å². The maximum absolute atomic E-state index is 4.33. The molecule has 0 bridgehead atoms. The van der Waals surface area contributed by atoms with Crippen molar-refractivity contribution < 1.29 is 0 Å². The Labute approximate surface area is 139 Å². The number of nitrogens with zero attached hydrogens (tertiary/aromatic N) is 1. The van der Waals surface area contributed by atoms with Gasteiger partial charge in [-0.1, -0.05) is 54.3 Å². The molecule has 1 aliphatic rings. The minimum atomic E-state index is 0.802. The molecule has 0 saturated heterocycles. The summed E-state index contributed by atoms with van der Waals surface area (Å²) in [5, 5.41) is 0. The number of anilines is 1. The molecule has 0 amide bonds. The van der Waals surface area contributed by atoms with Crippen molar-refractivity contribution in [2.75, 3.05) is 4.90 Å². The van der Waals surface area contributed by atoms with E-state index in [1.165, 1.54) is 11.1 Å². The highest BCUT2D eigenvalue weighted by atomic mass is 15.1. The molecule has 0 aliphatic carbocycles. The lowest BCUT2D eigenvalue weighted by molar-refractivity contribution is 0.819. The summed E-state index contributed by atoms with van der Waals surface area (Å²) in [4.78, 5) is 2.30. The van der Waals surface area contributed by atoms with E-state index >= 15 is 0 Å². The van der Waals surface area contributed by atoms with E-state index in [1.807, 2.05) is 12.1 Å². The van der Waals surface area contributed by atoms with Crippen molar-refractivity contribution in [2.45, 2.75) is 26.3 Å². The fraction of sp³-hybridized carbons (Fsp3) is 0.182. The first-order chi connectivity index (χ1) is 11.1. The first kappa shape index (κ1) is 15.2. The lowest BCUT2D eigenvalue weighted by atomic mass is 10.0. The fourth-order valence-electron chi connectivity index (χ4n) is 2.76. The maximum atomic E-state index is 4.33. The number of rotatable bonds is 4. The van der Waals surface area contributed by atoms with Gasteiger partial charge in [-0.05, 0) is 43.5 Å². The van der Waals surface area contributed by atoms with E-state index < -0.39 is 0 Å². The zero-order chi connectivity index (χ0) is 16.2. The van der Waals surface area contributed by atoms with Crippen molar-refractivity contribution in [1.82, 2.24) is 0 Å². The van der Waals surface area contributed by atoms with Gasteiger partial charge in [0.25, 0.3) is 0 Å². The van der Waals surface area contributed by atoms with Crippen LogP contribution in [0.3, 0.4) is 0 Å². The summed E-state index contributed by atoms with van der Waals surface area (Å²) in [6.45, 7) is 11.2. The summed E-state index contributed by atoms with van der Waals surface area (Å²) in [6.07, 6.45) is 1.88. The molecule has 1 nitrogen and oxygen atoms in total. The smallest absolute Gasteiger partial charge is 0.0570 e.